The first kappa shape index (κ1) is 17.0. The molecule has 2 saturated heterocycles. The highest BCUT2D eigenvalue weighted by Gasteiger charge is 2.38. The second-order valence-electron chi connectivity index (χ2n) is 7.87. The standard InChI is InChI=1S/C19H32BN3/c1-15-14-22(19(3)8-10-21-11-9-19)12-13-23(15)16(2)17-4-6-18(20)7-5-17/h4-7,15-16,21H,8-14,20H2,1-3H3/t15-,16-/m0/s1. The highest BCUT2D eigenvalue weighted by molar-refractivity contribution is 6.32. The van der Waals surface area contributed by atoms with E-state index in [1.807, 2.05) is 0 Å². The van der Waals surface area contributed by atoms with E-state index in [0.717, 1.165) is 0 Å². The van der Waals surface area contributed by atoms with Crippen LogP contribution in [0.25, 0.3) is 0 Å². The molecule has 0 aliphatic carbocycles. The molecule has 1 aromatic rings. The average Bonchev–Trinajstić information content (AvgIpc) is 2.55. The zero-order valence-corrected chi connectivity index (χ0v) is 15.3. The molecule has 2 aliphatic heterocycles. The molecule has 0 radical (unpaired) electrons. The smallest absolute Gasteiger partial charge is 0.139 e. The normalized spacial score (nSPS) is 27.7. The van der Waals surface area contributed by atoms with Crippen molar-refractivity contribution in [2.24, 2.45) is 0 Å². The van der Waals surface area contributed by atoms with Crippen molar-refractivity contribution in [2.45, 2.75) is 51.2 Å². The van der Waals surface area contributed by atoms with Gasteiger partial charge in [0, 0.05) is 37.3 Å². The second kappa shape index (κ2) is 6.96. The van der Waals surface area contributed by atoms with Gasteiger partial charge in [-0.1, -0.05) is 29.7 Å². The molecule has 0 unspecified atom stereocenters. The lowest BCUT2D eigenvalue weighted by Crippen LogP contribution is -2.61. The summed E-state index contributed by atoms with van der Waals surface area (Å²) >= 11 is 0. The van der Waals surface area contributed by atoms with Gasteiger partial charge in [-0.25, -0.2) is 0 Å². The number of hydrogen-bond donors (Lipinski definition) is 1. The van der Waals surface area contributed by atoms with Gasteiger partial charge in [0.1, 0.15) is 7.85 Å². The number of piperazine rings is 1. The third-order valence-corrected chi connectivity index (χ3v) is 6.18. The van der Waals surface area contributed by atoms with Gasteiger partial charge in [-0.15, -0.1) is 0 Å². The number of nitrogens with zero attached hydrogens (tertiary/aromatic N) is 2. The predicted octanol–water partition coefficient (Wildman–Crippen LogP) is 1.15. The van der Waals surface area contributed by atoms with Gasteiger partial charge >= 0.3 is 0 Å². The Morgan fingerprint density at radius 1 is 1.17 bits per heavy atom. The van der Waals surface area contributed by atoms with Crippen LogP contribution in [0.2, 0.25) is 0 Å². The highest BCUT2D eigenvalue weighted by atomic mass is 15.3. The van der Waals surface area contributed by atoms with Crippen LogP contribution in [0.15, 0.2) is 24.3 Å². The fourth-order valence-corrected chi connectivity index (χ4v) is 4.36. The molecule has 0 amide bonds. The fourth-order valence-electron chi connectivity index (χ4n) is 4.36. The Balaban J connectivity index is 1.65. The first-order valence-corrected chi connectivity index (χ1v) is 9.28. The zero-order chi connectivity index (χ0) is 16.4. The van der Waals surface area contributed by atoms with Gasteiger partial charge in [0.15, 0.2) is 0 Å². The molecule has 2 atom stereocenters. The molecular weight excluding hydrogens is 281 g/mol. The van der Waals surface area contributed by atoms with E-state index in [1.165, 1.54) is 56.6 Å². The van der Waals surface area contributed by atoms with E-state index in [1.54, 1.807) is 0 Å². The van der Waals surface area contributed by atoms with E-state index in [4.69, 9.17) is 0 Å². The van der Waals surface area contributed by atoms with E-state index < -0.39 is 0 Å². The number of benzene rings is 1. The summed E-state index contributed by atoms with van der Waals surface area (Å²) in [6.45, 7) is 13.2. The Kier molecular flexibility index (Phi) is 5.15. The molecule has 0 aromatic heterocycles. The van der Waals surface area contributed by atoms with Crippen LogP contribution < -0.4 is 10.8 Å². The minimum absolute atomic E-state index is 0.401. The van der Waals surface area contributed by atoms with Crippen LogP contribution >= 0.6 is 0 Å². The topological polar surface area (TPSA) is 18.5 Å². The van der Waals surface area contributed by atoms with Gasteiger partial charge in [-0.05, 0) is 52.3 Å². The summed E-state index contributed by atoms with van der Waals surface area (Å²) in [5.41, 5.74) is 3.19. The molecule has 2 fully saturated rings. The second-order valence-corrected chi connectivity index (χ2v) is 7.87. The van der Waals surface area contributed by atoms with E-state index in [0.29, 0.717) is 17.6 Å². The maximum Gasteiger partial charge on any atom is 0.139 e. The monoisotopic (exact) mass is 313 g/mol. The summed E-state index contributed by atoms with van der Waals surface area (Å²) in [6.07, 6.45) is 2.57. The summed E-state index contributed by atoms with van der Waals surface area (Å²) in [5, 5.41) is 3.51. The summed E-state index contributed by atoms with van der Waals surface area (Å²) in [7, 11) is 2.16. The van der Waals surface area contributed by atoms with Gasteiger partial charge in [0.2, 0.25) is 0 Å². The van der Waals surface area contributed by atoms with Crippen LogP contribution in [0.1, 0.15) is 45.2 Å². The summed E-state index contributed by atoms with van der Waals surface area (Å²) in [4.78, 5) is 5.45. The van der Waals surface area contributed by atoms with Crippen LogP contribution in [0, 0.1) is 0 Å². The summed E-state index contributed by atoms with van der Waals surface area (Å²) in [5.74, 6) is 0. The van der Waals surface area contributed by atoms with Crippen molar-refractivity contribution in [3.05, 3.63) is 29.8 Å². The van der Waals surface area contributed by atoms with E-state index in [9.17, 15) is 0 Å². The molecule has 1 aromatic carbocycles. The number of hydrogen-bond acceptors (Lipinski definition) is 3. The number of nitrogens with one attached hydrogen (secondary N) is 1. The molecule has 3 rings (SSSR count). The van der Waals surface area contributed by atoms with Crippen LogP contribution in [-0.2, 0) is 0 Å². The van der Waals surface area contributed by atoms with Gasteiger partial charge in [0.05, 0.1) is 0 Å². The molecule has 3 nitrogen and oxygen atoms in total. The van der Waals surface area contributed by atoms with Gasteiger partial charge in [-0.2, -0.15) is 0 Å². The minimum Gasteiger partial charge on any atom is -0.317 e. The van der Waals surface area contributed by atoms with E-state index in [2.05, 4.69) is 68.0 Å². The Hall–Kier alpha value is -0.835. The molecule has 2 aliphatic rings. The van der Waals surface area contributed by atoms with E-state index in [-0.39, 0.29) is 0 Å². The molecule has 0 spiro atoms. The lowest BCUT2D eigenvalue weighted by Gasteiger charge is -2.51. The predicted molar refractivity (Wildman–Crippen MR) is 101 cm³/mol. The quantitative estimate of drug-likeness (QED) is 0.845. The molecule has 0 saturated carbocycles. The van der Waals surface area contributed by atoms with Crippen molar-refractivity contribution < 1.29 is 0 Å². The zero-order valence-electron chi connectivity index (χ0n) is 15.3. The van der Waals surface area contributed by atoms with Crippen molar-refractivity contribution >= 4 is 13.3 Å². The first-order chi connectivity index (χ1) is 11.0. The SMILES string of the molecule is Bc1ccc([C@H](C)N2CCN(C3(C)CCNCC3)C[C@@H]2C)cc1. The molecule has 23 heavy (non-hydrogen) atoms. The maximum atomic E-state index is 3.51. The van der Waals surface area contributed by atoms with Gasteiger partial charge in [0.25, 0.3) is 0 Å². The first-order valence-electron chi connectivity index (χ1n) is 9.28. The average molecular weight is 313 g/mol. The Morgan fingerprint density at radius 2 is 1.83 bits per heavy atom. The molecule has 0 bridgehead atoms. The van der Waals surface area contributed by atoms with Crippen molar-refractivity contribution in [2.75, 3.05) is 32.7 Å². The molecule has 1 N–H and O–H groups in total. The lowest BCUT2D eigenvalue weighted by atomic mass is 9.87. The van der Waals surface area contributed by atoms with Crippen LogP contribution in [0.4, 0.5) is 0 Å². The third-order valence-electron chi connectivity index (χ3n) is 6.18. The molecular formula is C19H32BN3. The van der Waals surface area contributed by atoms with Crippen LogP contribution in [0.3, 0.4) is 0 Å². The Bertz CT molecular complexity index is 510. The van der Waals surface area contributed by atoms with Crippen molar-refractivity contribution in [3.63, 3.8) is 0 Å². The summed E-state index contributed by atoms with van der Waals surface area (Å²) < 4.78 is 0. The summed E-state index contributed by atoms with van der Waals surface area (Å²) in [6, 6.07) is 10.2. The molecule has 126 valence electrons. The highest BCUT2D eigenvalue weighted by Crippen LogP contribution is 2.31. The molecule has 4 heteroatoms. The van der Waals surface area contributed by atoms with Gasteiger partial charge < -0.3 is 5.32 Å². The third kappa shape index (κ3) is 3.65. The number of piperidine rings is 1. The Morgan fingerprint density at radius 3 is 2.43 bits per heavy atom. The van der Waals surface area contributed by atoms with Crippen molar-refractivity contribution in [1.82, 2.24) is 15.1 Å². The van der Waals surface area contributed by atoms with Crippen LogP contribution in [0.5, 0.6) is 0 Å². The minimum atomic E-state index is 0.401. The Labute approximate surface area is 142 Å². The van der Waals surface area contributed by atoms with Crippen LogP contribution in [-0.4, -0.2) is 62.0 Å². The largest absolute Gasteiger partial charge is 0.317 e. The lowest BCUT2D eigenvalue weighted by molar-refractivity contribution is -0.0158. The van der Waals surface area contributed by atoms with Crippen molar-refractivity contribution in [3.8, 4) is 0 Å². The fraction of sp³-hybridized carbons (Fsp3) is 0.684. The van der Waals surface area contributed by atoms with Gasteiger partial charge in [-0.3, -0.25) is 9.80 Å². The van der Waals surface area contributed by atoms with Crippen molar-refractivity contribution in [1.29, 1.82) is 0 Å². The maximum absolute atomic E-state index is 3.51. The number of rotatable bonds is 3. The molecule has 2 heterocycles. The van der Waals surface area contributed by atoms with E-state index >= 15 is 0 Å².